The first kappa shape index (κ1) is 17.0. The first-order valence-electron chi connectivity index (χ1n) is 9.41. The molecule has 3 rings (SSSR count). The van der Waals surface area contributed by atoms with E-state index in [0.717, 1.165) is 31.4 Å². The highest BCUT2D eigenvalue weighted by Gasteiger charge is 2.33. The van der Waals surface area contributed by atoms with E-state index in [1.807, 2.05) is 25.1 Å². The summed E-state index contributed by atoms with van der Waals surface area (Å²) in [4.78, 5) is 27.4. The molecule has 1 saturated carbocycles. The first-order valence-corrected chi connectivity index (χ1v) is 9.41. The van der Waals surface area contributed by atoms with Crippen molar-refractivity contribution in [1.29, 1.82) is 0 Å². The molecule has 2 aliphatic rings. The van der Waals surface area contributed by atoms with Crippen molar-refractivity contribution in [3.8, 4) is 0 Å². The van der Waals surface area contributed by atoms with E-state index >= 15 is 0 Å². The molecule has 0 aromatic heterocycles. The van der Waals surface area contributed by atoms with Crippen molar-refractivity contribution in [3.63, 3.8) is 0 Å². The Hall–Kier alpha value is -1.84. The molecule has 1 aromatic carbocycles. The monoisotopic (exact) mass is 328 g/mol. The molecule has 4 nitrogen and oxygen atoms in total. The molecular weight excluding hydrogens is 300 g/mol. The molecule has 0 spiro atoms. The van der Waals surface area contributed by atoms with Gasteiger partial charge >= 0.3 is 0 Å². The summed E-state index contributed by atoms with van der Waals surface area (Å²) in [6.45, 7) is 1.99. The second-order valence-electron chi connectivity index (χ2n) is 7.01. The number of nitrogens with one attached hydrogen (secondary N) is 1. The summed E-state index contributed by atoms with van der Waals surface area (Å²) in [7, 11) is 0. The third-order valence-corrected chi connectivity index (χ3v) is 5.31. The highest BCUT2D eigenvalue weighted by Crippen LogP contribution is 2.29. The summed E-state index contributed by atoms with van der Waals surface area (Å²) in [5.41, 5.74) is 2.10. The molecule has 0 saturated heterocycles. The van der Waals surface area contributed by atoms with Crippen molar-refractivity contribution >= 4 is 17.5 Å². The Morgan fingerprint density at radius 1 is 1.17 bits per heavy atom. The van der Waals surface area contributed by atoms with E-state index in [1.165, 1.54) is 24.8 Å². The van der Waals surface area contributed by atoms with E-state index in [0.29, 0.717) is 12.8 Å². The molecule has 1 aliphatic carbocycles. The lowest BCUT2D eigenvalue weighted by atomic mass is 9.95. The lowest BCUT2D eigenvalue weighted by molar-refractivity contribution is -0.127. The van der Waals surface area contributed by atoms with Crippen molar-refractivity contribution < 1.29 is 9.59 Å². The second kappa shape index (κ2) is 7.82. The average Bonchev–Trinajstić information content (AvgIpc) is 2.76. The first-order chi connectivity index (χ1) is 11.7. The van der Waals surface area contributed by atoms with Crippen molar-refractivity contribution in [2.45, 2.75) is 76.8 Å². The summed E-state index contributed by atoms with van der Waals surface area (Å²) in [5.74, 6) is 0.0834. The fourth-order valence-corrected chi connectivity index (χ4v) is 4.01. The van der Waals surface area contributed by atoms with Gasteiger partial charge in [-0.3, -0.25) is 14.5 Å². The van der Waals surface area contributed by atoms with Crippen molar-refractivity contribution in [3.05, 3.63) is 29.8 Å². The number of para-hydroxylation sites is 1. The minimum Gasteiger partial charge on any atom is -0.352 e. The minimum absolute atomic E-state index is 0.00875. The molecule has 1 fully saturated rings. The summed E-state index contributed by atoms with van der Waals surface area (Å²) in [5, 5.41) is 3.21. The number of hydrogen-bond acceptors (Lipinski definition) is 2. The zero-order chi connectivity index (χ0) is 16.9. The Balaban J connectivity index is 1.82. The minimum atomic E-state index is -0.404. The molecule has 0 radical (unpaired) electrons. The quantitative estimate of drug-likeness (QED) is 0.918. The van der Waals surface area contributed by atoms with Crippen molar-refractivity contribution in [2.75, 3.05) is 4.90 Å². The Labute approximate surface area is 144 Å². The maximum absolute atomic E-state index is 12.9. The zero-order valence-electron chi connectivity index (χ0n) is 14.6. The number of fused-ring (bicyclic) bond motifs is 1. The van der Waals surface area contributed by atoms with Crippen LogP contribution < -0.4 is 10.2 Å². The van der Waals surface area contributed by atoms with E-state index in [-0.39, 0.29) is 17.9 Å². The van der Waals surface area contributed by atoms with Crippen LogP contribution >= 0.6 is 0 Å². The Morgan fingerprint density at radius 2 is 1.92 bits per heavy atom. The highest BCUT2D eigenvalue weighted by molar-refractivity contribution is 6.01. The molecule has 4 heteroatoms. The number of anilines is 1. The fourth-order valence-electron chi connectivity index (χ4n) is 4.01. The Morgan fingerprint density at radius 3 is 2.67 bits per heavy atom. The van der Waals surface area contributed by atoms with Crippen molar-refractivity contribution in [2.24, 2.45) is 0 Å². The van der Waals surface area contributed by atoms with Crippen LogP contribution in [0.1, 0.15) is 63.9 Å². The van der Waals surface area contributed by atoms with Gasteiger partial charge in [0.25, 0.3) is 0 Å². The maximum Gasteiger partial charge on any atom is 0.243 e. The topological polar surface area (TPSA) is 49.4 Å². The van der Waals surface area contributed by atoms with Gasteiger partial charge in [0.15, 0.2) is 0 Å². The number of benzene rings is 1. The number of rotatable bonds is 4. The second-order valence-corrected chi connectivity index (χ2v) is 7.01. The number of nitrogens with zero attached hydrogens (tertiary/aromatic N) is 1. The van der Waals surface area contributed by atoms with E-state index in [1.54, 1.807) is 4.90 Å². The smallest absolute Gasteiger partial charge is 0.243 e. The Bertz CT molecular complexity index is 593. The van der Waals surface area contributed by atoms with Crippen LogP contribution in [0, 0.1) is 0 Å². The number of carbonyl (C=O) groups excluding carboxylic acids is 2. The predicted octanol–water partition coefficient (Wildman–Crippen LogP) is 3.58. The average molecular weight is 328 g/mol. The summed E-state index contributed by atoms with van der Waals surface area (Å²) < 4.78 is 0. The highest BCUT2D eigenvalue weighted by atomic mass is 16.2. The SMILES string of the molecule is CC[C@@H](C(=O)NC1CCCCC1)N1C(=O)CCCc2ccccc21. The normalized spacial score (nSPS) is 20.2. The molecule has 130 valence electrons. The van der Waals surface area contributed by atoms with Crippen LogP contribution in [0.25, 0.3) is 0 Å². The van der Waals surface area contributed by atoms with Crippen LogP contribution in [0.15, 0.2) is 24.3 Å². The van der Waals surface area contributed by atoms with E-state index in [4.69, 9.17) is 0 Å². The molecule has 1 heterocycles. The van der Waals surface area contributed by atoms with Gasteiger partial charge in [0.1, 0.15) is 6.04 Å². The molecule has 1 atom stereocenters. The summed E-state index contributed by atoms with van der Waals surface area (Å²) in [6.07, 6.45) is 8.67. The number of hydrogen-bond donors (Lipinski definition) is 1. The third kappa shape index (κ3) is 3.63. The fraction of sp³-hybridized carbons (Fsp3) is 0.600. The van der Waals surface area contributed by atoms with Crippen LogP contribution in [-0.4, -0.2) is 23.9 Å². The molecule has 24 heavy (non-hydrogen) atoms. The van der Waals surface area contributed by atoms with E-state index in [9.17, 15) is 9.59 Å². The standard InChI is InChI=1S/C20H28N2O2/c1-2-17(20(24)21-16-11-4-3-5-12-16)22-18-13-7-6-9-15(18)10-8-14-19(22)23/h6-7,9,13,16-17H,2-5,8,10-12,14H2,1H3,(H,21,24)/t17-/m0/s1. The number of carbonyl (C=O) groups is 2. The van der Waals surface area contributed by atoms with E-state index in [2.05, 4.69) is 11.4 Å². The van der Waals surface area contributed by atoms with Crippen molar-refractivity contribution in [1.82, 2.24) is 5.32 Å². The van der Waals surface area contributed by atoms with Crippen LogP contribution in [0.5, 0.6) is 0 Å². The zero-order valence-corrected chi connectivity index (χ0v) is 14.6. The van der Waals surface area contributed by atoms with Gasteiger partial charge in [-0.1, -0.05) is 44.4 Å². The largest absolute Gasteiger partial charge is 0.352 e. The number of amides is 2. The van der Waals surface area contributed by atoms with Gasteiger partial charge in [-0.2, -0.15) is 0 Å². The lowest BCUT2D eigenvalue weighted by Crippen LogP contribution is -2.52. The van der Waals surface area contributed by atoms with Gasteiger partial charge in [0, 0.05) is 18.2 Å². The van der Waals surface area contributed by atoms with Crippen LogP contribution in [0.3, 0.4) is 0 Å². The predicted molar refractivity (Wildman–Crippen MR) is 96.0 cm³/mol. The maximum atomic E-state index is 12.9. The van der Waals surface area contributed by atoms with Crippen LogP contribution in [-0.2, 0) is 16.0 Å². The molecule has 1 aliphatic heterocycles. The molecule has 2 amide bonds. The summed E-state index contributed by atoms with van der Waals surface area (Å²) >= 11 is 0. The van der Waals surface area contributed by atoms with Gasteiger partial charge in [0.2, 0.25) is 11.8 Å². The molecule has 1 N–H and O–H groups in total. The Kier molecular flexibility index (Phi) is 5.54. The van der Waals surface area contributed by atoms with Gasteiger partial charge in [-0.15, -0.1) is 0 Å². The lowest BCUT2D eigenvalue weighted by Gasteiger charge is -2.32. The van der Waals surface area contributed by atoms with Crippen LogP contribution in [0.2, 0.25) is 0 Å². The van der Waals surface area contributed by atoms with E-state index < -0.39 is 6.04 Å². The summed E-state index contributed by atoms with van der Waals surface area (Å²) in [6, 6.07) is 7.89. The van der Waals surface area contributed by atoms with Gasteiger partial charge in [-0.05, 0) is 43.7 Å². The van der Waals surface area contributed by atoms with Gasteiger partial charge in [0.05, 0.1) is 0 Å². The van der Waals surface area contributed by atoms with Crippen LogP contribution in [0.4, 0.5) is 5.69 Å². The third-order valence-electron chi connectivity index (χ3n) is 5.31. The molecule has 1 aromatic rings. The van der Waals surface area contributed by atoms with Gasteiger partial charge < -0.3 is 5.32 Å². The van der Waals surface area contributed by atoms with Gasteiger partial charge in [-0.25, -0.2) is 0 Å². The molecular formula is C20H28N2O2. The number of aryl methyl sites for hydroxylation is 1. The molecule has 0 unspecified atom stereocenters. The molecule has 0 bridgehead atoms.